The third-order valence-electron chi connectivity index (χ3n) is 5.67. The van der Waals surface area contributed by atoms with Crippen LogP contribution in [0.2, 0.25) is 0 Å². The van der Waals surface area contributed by atoms with Gasteiger partial charge in [-0.3, -0.25) is 4.79 Å². The molecule has 0 radical (unpaired) electrons. The fraction of sp³-hybridized carbons (Fsp3) is 0.450. The van der Waals surface area contributed by atoms with E-state index in [-0.39, 0.29) is 6.67 Å². The standard InChI is InChI=1S/C20H26N6O5/c1-11(17(21)30)25-10-26(20-16(29)15(28)13(8-27)31-20)19-14(25)18(23-9-24-19)22-7-12-5-3-2-4-6-12/h2-6,9,11,13,15-16,20,27-29H,7-8,10H2,1H3,(H2,21,30)(H,22,23,24)/t11?,13-,15?,16?,20-/m1/s1. The Bertz CT molecular complexity index is 932. The van der Waals surface area contributed by atoms with Crippen LogP contribution in [0.1, 0.15) is 12.5 Å². The summed E-state index contributed by atoms with van der Waals surface area (Å²) in [7, 11) is 0. The fourth-order valence-electron chi connectivity index (χ4n) is 3.87. The van der Waals surface area contributed by atoms with Gasteiger partial charge in [-0.15, -0.1) is 0 Å². The van der Waals surface area contributed by atoms with Gasteiger partial charge in [0.05, 0.1) is 13.3 Å². The van der Waals surface area contributed by atoms with Crippen LogP contribution in [-0.4, -0.2) is 75.1 Å². The zero-order valence-electron chi connectivity index (χ0n) is 17.0. The van der Waals surface area contributed by atoms with Gasteiger partial charge in [-0.1, -0.05) is 30.3 Å². The first-order valence-corrected chi connectivity index (χ1v) is 10.00. The van der Waals surface area contributed by atoms with Crippen molar-refractivity contribution in [3.8, 4) is 0 Å². The van der Waals surface area contributed by atoms with E-state index < -0.39 is 43.1 Å². The summed E-state index contributed by atoms with van der Waals surface area (Å²) in [4.78, 5) is 24.0. The van der Waals surface area contributed by atoms with Gasteiger partial charge >= 0.3 is 0 Å². The second-order valence-electron chi connectivity index (χ2n) is 7.62. The highest BCUT2D eigenvalue weighted by Gasteiger charge is 2.49. The number of rotatable bonds is 7. The highest BCUT2D eigenvalue weighted by Crippen LogP contribution is 2.43. The molecular weight excluding hydrogens is 404 g/mol. The van der Waals surface area contributed by atoms with Crippen molar-refractivity contribution in [3.05, 3.63) is 42.2 Å². The lowest BCUT2D eigenvalue weighted by Crippen LogP contribution is -2.49. The summed E-state index contributed by atoms with van der Waals surface area (Å²) in [6, 6.07) is 9.07. The number of carbonyl (C=O) groups is 1. The third-order valence-corrected chi connectivity index (χ3v) is 5.67. The van der Waals surface area contributed by atoms with Crippen LogP contribution in [0, 0.1) is 0 Å². The zero-order chi connectivity index (χ0) is 22.1. The number of carbonyl (C=O) groups excluding carboxylic acids is 1. The van der Waals surface area contributed by atoms with Crippen LogP contribution >= 0.6 is 0 Å². The average Bonchev–Trinajstić information content (AvgIpc) is 3.30. The molecule has 2 aromatic rings. The van der Waals surface area contributed by atoms with Crippen LogP contribution in [-0.2, 0) is 16.1 Å². The van der Waals surface area contributed by atoms with Crippen LogP contribution in [0.5, 0.6) is 0 Å². The summed E-state index contributed by atoms with van der Waals surface area (Å²) in [5, 5.41) is 33.4. The van der Waals surface area contributed by atoms with E-state index in [1.807, 2.05) is 30.3 Å². The molecule has 2 aliphatic rings. The molecule has 2 aliphatic heterocycles. The minimum absolute atomic E-state index is 0.130. The Morgan fingerprint density at radius 1 is 1.29 bits per heavy atom. The number of aliphatic hydroxyl groups is 3. The number of hydrogen-bond acceptors (Lipinski definition) is 10. The maximum absolute atomic E-state index is 12.0. The van der Waals surface area contributed by atoms with Crippen molar-refractivity contribution in [3.63, 3.8) is 0 Å². The van der Waals surface area contributed by atoms with E-state index in [9.17, 15) is 20.1 Å². The van der Waals surface area contributed by atoms with E-state index in [1.54, 1.807) is 16.7 Å². The van der Waals surface area contributed by atoms with Gasteiger partial charge in [0.15, 0.2) is 17.9 Å². The average molecular weight is 430 g/mol. The number of anilines is 3. The maximum atomic E-state index is 12.0. The molecule has 31 heavy (non-hydrogen) atoms. The monoisotopic (exact) mass is 430 g/mol. The van der Waals surface area contributed by atoms with Gasteiger partial charge < -0.3 is 40.9 Å². The number of amides is 1. The number of aromatic nitrogens is 2. The van der Waals surface area contributed by atoms with Gasteiger partial charge in [0.1, 0.15) is 36.4 Å². The Hall–Kier alpha value is -2.99. The van der Waals surface area contributed by atoms with Gasteiger partial charge in [0, 0.05) is 6.54 Å². The van der Waals surface area contributed by atoms with Gasteiger partial charge in [0.25, 0.3) is 0 Å². The number of benzene rings is 1. The predicted octanol–water partition coefficient (Wildman–Crippen LogP) is -1.01. The first-order valence-electron chi connectivity index (χ1n) is 10.00. The molecule has 11 nitrogen and oxygen atoms in total. The number of nitrogens with one attached hydrogen (secondary N) is 1. The first-order chi connectivity index (χ1) is 14.9. The van der Waals surface area contributed by atoms with Gasteiger partial charge in [-0.25, -0.2) is 9.97 Å². The van der Waals surface area contributed by atoms with E-state index in [4.69, 9.17) is 10.5 Å². The maximum Gasteiger partial charge on any atom is 0.239 e. The lowest BCUT2D eigenvalue weighted by molar-refractivity contribution is -0.118. The van der Waals surface area contributed by atoms with Gasteiger partial charge in [-0.05, 0) is 12.5 Å². The van der Waals surface area contributed by atoms with Gasteiger partial charge in [-0.2, -0.15) is 0 Å². The molecule has 4 rings (SSSR count). The third kappa shape index (κ3) is 3.88. The van der Waals surface area contributed by atoms with E-state index in [0.717, 1.165) is 5.56 Å². The molecule has 3 heterocycles. The van der Waals surface area contributed by atoms with Crippen molar-refractivity contribution in [2.24, 2.45) is 5.73 Å². The molecule has 1 saturated heterocycles. The molecule has 1 aromatic heterocycles. The highest BCUT2D eigenvalue weighted by atomic mass is 16.6. The molecule has 5 atom stereocenters. The van der Waals surface area contributed by atoms with E-state index >= 15 is 0 Å². The van der Waals surface area contributed by atoms with Crippen molar-refractivity contribution in [1.82, 2.24) is 9.97 Å². The summed E-state index contributed by atoms with van der Waals surface area (Å²) in [5.74, 6) is 0.386. The number of aliphatic hydroxyl groups excluding tert-OH is 3. The minimum Gasteiger partial charge on any atom is -0.394 e. The number of ether oxygens (including phenoxy) is 1. The molecule has 0 saturated carbocycles. The second kappa shape index (κ2) is 8.63. The summed E-state index contributed by atoms with van der Waals surface area (Å²) in [6.07, 6.45) is -3.04. The van der Waals surface area contributed by atoms with E-state index in [0.29, 0.717) is 23.9 Å². The minimum atomic E-state index is -1.27. The van der Waals surface area contributed by atoms with Crippen LogP contribution in [0.25, 0.3) is 0 Å². The zero-order valence-corrected chi connectivity index (χ0v) is 17.0. The number of hydrogen-bond donors (Lipinski definition) is 5. The largest absolute Gasteiger partial charge is 0.394 e. The molecule has 1 fully saturated rings. The van der Waals surface area contributed by atoms with Crippen LogP contribution in [0.4, 0.5) is 17.3 Å². The second-order valence-corrected chi connectivity index (χ2v) is 7.62. The molecule has 6 N–H and O–H groups in total. The summed E-state index contributed by atoms with van der Waals surface area (Å²) >= 11 is 0. The number of fused-ring (bicyclic) bond motifs is 1. The Morgan fingerprint density at radius 2 is 2.03 bits per heavy atom. The molecule has 0 aliphatic carbocycles. The Labute approximate surface area is 179 Å². The number of nitrogens with two attached hydrogens (primary N) is 1. The summed E-state index contributed by atoms with van der Waals surface area (Å²) in [5.41, 5.74) is 7.15. The van der Waals surface area contributed by atoms with Crippen molar-refractivity contribution in [2.45, 2.75) is 44.1 Å². The Morgan fingerprint density at radius 3 is 2.68 bits per heavy atom. The Kier molecular flexibility index (Phi) is 5.92. The van der Waals surface area contributed by atoms with Crippen LogP contribution in [0.15, 0.2) is 36.7 Å². The van der Waals surface area contributed by atoms with Crippen molar-refractivity contribution in [1.29, 1.82) is 0 Å². The molecule has 0 bridgehead atoms. The molecule has 1 amide bonds. The molecule has 3 unspecified atom stereocenters. The topological polar surface area (TPSA) is 157 Å². The normalized spacial score (nSPS) is 26.1. The molecular formula is C20H26N6O5. The SMILES string of the molecule is CC(C(N)=O)N1CN([C@@H]2O[C@H](CO)C(O)C2O)c2ncnc(NCc3ccccc3)c21. The lowest BCUT2D eigenvalue weighted by Gasteiger charge is -2.29. The summed E-state index contributed by atoms with van der Waals surface area (Å²) in [6.45, 7) is 1.85. The van der Waals surface area contributed by atoms with Crippen molar-refractivity contribution >= 4 is 23.2 Å². The summed E-state index contributed by atoms with van der Waals surface area (Å²) < 4.78 is 5.69. The first kappa shape index (κ1) is 21.2. The van der Waals surface area contributed by atoms with Crippen LogP contribution < -0.4 is 20.9 Å². The lowest BCUT2D eigenvalue weighted by atomic mass is 10.1. The van der Waals surface area contributed by atoms with Gasteiger partial charge in [0.2, 0.25) is 5.91 Å². The van der Waals surface area contributed by atoms with Crippen LogP contribution in [0.3, 0.4) is 0 Å². The highest BCUT2D eigenvalue weighted by molar-refractivity contribution is 5.90. The molecule has 1 aromatic carbocycles. The smallest absolute Gasteiger partial charge is 0.239 e. The fourth-order valence-corrected chi connectivity index (χ4v) is 3.87. The molecule has 0 spiro atoms. The van der Waals surface area contributed by atoms with E-state index in [1.165, 1.54) is 6.33 Å². The molecule has 166 valence electrons. The van der Waals surface area contributed by atoms with Crippen molar-refractivity contribution < 1.29 is 24.9 Å². The number of nitrogens with zero attached hydrogens (tertiary/aromatic N) is 4. The molecule has 11 heteroatoms. The van der Waals surface area contributed by atoms with Crippen molar-refractivity contribution in [2.75, 3.05) is 28.4 Å². The van der Waals surface area contributed by atoms with E-state index in [2.05, 4.69) is 15.3 Å². The Balaban J connectivity index is 1.68. The predicted molar refractivity (Wildman–Crippen MR) is 112 cm³/mol. The quantitative estimate of drug-likeness (QED) is 0.368. The number of primary amides is 1.